The number of hydrogen-bond acceptors (Lipinski definition) is 6. The van der Waals surface area contributed by atoms with Gasteiger partial charge in [0.05, 0.1) is 19.3 Å². The van der Waals surface area contributed by atoms with E-state index >= 15 is 0 Å². The number of morpholine rings is 1. The van der Waals surface area contributed by atoms with Crippen molar-refractivity contribution in [2.45, 2.75) is 31.7 Å². The number of likely N-dealkylation sites (tertiary alicyclic amines) is 1. The second-order valence-electron chi connectivity index (χ2n) is 7.44. The second kappa shape index (κ2) is 7.75. The maximum absolute atomic E-state index is 12.3. The van der Waals surface area contributed by atoms with Crippen molar-refractivity contribution in [1.29, 1.82) is 0 Å². The van der Waals surface area contributed by atoms with Gasteiger partial charge in [-0.15, -0.1) is 0 Å². The molecule has 1 atom stereocenters. The molecule has 1 saturated carbocycles. The van der Waals surface area contributed by atoms with Gasteiger partial charge in [0.2, 0.25) is 5.91 Å². The zero-order valence-corrected chi connectivity index (χ0v) is 15.0. The van der Waals surface area contributed by atoms with Crippen molar-refractivity contribution in [2.24, 2.45) is 5.92 Å². The molecular weight excluding hydrogens is 336 g/mol. The normalized spacial score (nSPS) is 24.2. The number of carbonyl (C=O) groups excluding carboxylic acids is 2. The third-order valence-corrected chi connectivity index (χ3v) is 5.28. The van der Waals surface area contributed by atoms with Gasteiger partial charge in [0.25, 0.3) is 5.91 Å². The van der Waals surface area contributed by atoms with E-state index in [0.29, 0.717) is 37.0 Å². The molecule has 3 aliphatic rings. The van der Waals surface area contributed by atoms with Crippen LogP contribution in [0.5, 0.6) is 0 Å². The Morgan fingerprint density at radius 2 is 2.08 bits per heavy atom. The van der Waals surface area contributed by atoms with E-state index in [9.17, 15) is 9.59 Å². The number of hydrogen-bond donors (Lipinski definition) is 1. The van der Waals surface area contributed by atoms with Crippen LogP contribution in [-0.2, 0) is 16.0 Å². The molecule has 0 radical (unpaired) electrons. The van der Waals surface area contributed by atoms with Gasteiger partial charge < -0.3 is 19.4 Å². The minimum Gasteiger partial charge on any atom is -0.448 e. The number of amides is 2. The molecule has 1 aromatic rings. The fraction of sp³-hybridized carbons (Fsp3) is 0.722. The lowest BCUT2D eigenvalue weighted by Crippen LogP contribution is -2.42. The summed E-state index contributed by atoms with van der Waals surface area (Å²) >= 11 is 0. The number of ether oxygens (including phenoxy) is 1. The van der Waals surface area contributed by atoms with Crippen LogP contribution < -0.4 is 5.32 Å². The molecule has 1 N–H and O–H groups in total. The first kappa shape index (κ1) is 17.5. The topological polar surface area (TPSA) is 87.9 Å². The summed E-state index contributed by atoms with van der Waals surface area (Å²) in [6.45, 7) is 5.45. The summed E-state index contributed by atoms with van der Waals surface area (Å²) in [6.07, 6.45) is 5.01. The first-order valence-corrected chi connectivity index (χ1v) is 9.50. The highest BCUT2D eigenvalue weighted by Gasteiger charge is 2.31. The van der Waals surface area contributed by atoms with E-state index in [1.807, 2.05) is 4.90 Å². The van der Waals surface area contributed by atoms with E-state index < -0.39 is 0 Å². The average molecular weight is 362 g/mol. The number of nitrogens with one attached hydrogen (secondary N) is 1. The van der Waals surface area contributed by atoms with Gasteiger partial charge in [0.1, 0.15) is 6.26 Å². The predicted octanol–water partition coefficient (Wildman–Crippen LogP) is 0.290. The zero-order chi connectivity index (χ0) is 17.9. The van der Waals surface area contributed by atoms with Gasteiger partial charge in [-0.2, -0.15) is 0 Å². The number of nitrogens with zero attached hydrogens (tertiary/aromatic N) is 3. The van der Waals surface area contributed by atoms with Gasteiger partial charge in [0.15, 0.2) is 11.6 Å². The predicted molar refractivity (Wildman–Crippen MR) is 92.6 cm³/mol. The molecule has 2 amide bonds. The third kappa shape index (κ3) is 4.42. The molecule has 4 rings (SSSR count). The fourth-order valence-corrected chi connectivity index (χ4v) is 3.51. The second-order valence-corrected chi connectivity index (χ2v) is 7.44. The summed E-state index contributed by atoms with van der Waals surface area (Å²) in [7, 11) is 0. The van der Waals surface area contributed by atoms with Crippen LogP contribution in [0.25, 0.3) is 0 Å². The lowest BCUT2D eigenvalue weighted by atomic mass is 10.2. The van der Waals surface area contributed by atoms with Crippen LogP contribution in [0.1, 0.15) is 35.6 Å². The van der Waals surface area contributed by atoms with E-state index in [4.69, 9.17) is 9.15 Å². The summed E-state index contributed by atoms with van der Waals surface area (Å²) < 4.78 is 10.7. The standard InChI is InChI=1S/C18H26N4O4/c23-17-10-14(11-22(17)4-3-21-5-7-25-8-6-21)19-18(24)15-12-26-16(20-15)9-13-1-2-13/h12-14H,1-11H2,(H,19,24). The molecular formula is C18H26N4O4. The van der Waals surface area contributed by atoms with Crippen molar-refractivity contribution in [3.8, 4) is 0 Å². The maximum Gasteiger partial charge on any atom is 0.273 e. The maximum atomic E-state index is 12.3. The average Bonchev–Trinajstić information content (AvgIpc) is 3.20. The zero-order valence-electron chi connectivity index (χ0n) is 15.0. The highest BCUT2D eigenvalue weighted by atomic mass is 16.5. The van der Waals surface area contributed by atoms with Gasteiger partial charge in [-0.25, -0.2) is 4.98 Å². The summed E-state index contributed by atoms with van der Waals surface area (Å²) in [4.78, 5) is 33.0. The van der Waals surface area contributed by atoms with Crippen LogP contribution in [0, 0.1) is 5.92 Å². The van der Waals surface area contributed by atoms with Crippen LogP contribution in [0.4, 0.5) is 0 Å². The minimum atomic E-state index is -0.261. The number of carbonyl (C=O) groups is 2. The molecule has 8 nitrogen and oxygen atoms in total. The van der Waals surface area contributed by atoms with Crippen molar-refractivity contribution >= 4 is 11.8 Å². The fourth-order valence-electron chi connectivity index (χ4n) is 3.51. The molecule has 2 aliphatic heterocycles. The Morgan fingerprint density at radius 3 is 2.85 bits per heavy atom. The van der Waals surface area contributed by atoms with Gasteiger partial charge in [-0.05, 0) is 18.8 Å². The molecule has 26 heavy (non-hydrogen) atoms. The Morgan fingerprint density at radius 1 is 1.27 bits per heavy atom. The van der Waals surface area contributed by atoms with E-state index in [1.54, 1.807) is 0 Å². The Labute approximate surface area is 152 Å². The van der Waals surface area contributed by atoms with E-state index in [0.717, 1.165) is 39.3 Å². The SMILES string of the molecule is O=C(NC1CC(=O)N(CCN2CCOCC2)C1)c1coc(CC2CC2)n1. The number of oxazole rings is 1. The monoisotopic (exact) mass is 362 g/mol. The van der Waals surface area contributed by atoms with Crippen LogP contribution in [-0.4, -0.2) is 78.6 Å². The third-order valence-electron chi connectivity index (χ3n) is 5.28. The molecule has 3 fully saturated rings. The quantitative estimate of drug-likeness (QED) is 0.750. The molecule has 8 heteroatoms. The van der Waals surface area contributed by atoms with Gasteiger partial charge in [-0.1, -0.05) is 0 Å². The Kier molecular flexibility index (Phi) is 5.21. The van der Waals surface area contributed by atoms with Gasteiger partial charge in [-0.3, -0.25) is 14.5 Å². The summed E-state index contributed by atoms with van der Waals surface area (Å²) in [5.41, 5.74) is 0.305. The molecule has 0 aromatic carbocycles. The summed E-state index contributed by atoms with van der Waals surface area (Å²) in [6, 6.07) is -0.164. The Hall–Kier alpha value is -1.93. The molecule has 1 unspecified atom stereocenters. The van der Waals surface area contributed by atoms with Crippen LogP contribution in [0.2, 0.25) is 0 Å². The Balaban J connectivity index is 1.23. The van der Waals surface area contributed by atoms with Crippen LogP contribution in [0.3, 0.4) is 0 Å². The van der Waals surface area contributed by atoms with Crippen LogP contribution >= 0.6 is 0 Å². The highest BCUT2D eigenvalue weighted by Crippen LogP contribution is 2.32. The van der Waals surface area contributed by atoms with E-state index in [-0.39, 0.29) is 17.9 Å². The molecule has 142 valence electrons. The van der Waals surface area contributed by atoms with E-state index in [1.165, 1.54) is 19.1 Å². The smallest absolute Gasteiger partial charge is 0.273 e. The highest BCUT2D eigenvalue weighted by molar-refractivity contribution is 5.93. The van der Waals surface area contributed by atoms with Crippen molar-refractivity contribution in [1.82, 2.24) is 20.1 Å². The van der Waals surface area contributed by atoms with Crippen LogP contribution in [0.15, 0.2) is 10.7 Å². The Bertz CT molecular complexity index is 651. The first-order valence-electron chi connectivity index (χ1n) is 9.50. The minimum absolute atomic E-state index is 0.0955. The van der Waals surface area contributed by atoms with Gasteiger partial charge >= 0.3 is 0 Å². The molecule has 2 saturated heterocycles. The lowest BCUT2D eigenvalue weighted by molar-refractivity contribution is -0.128. The van der Waals surface area contributed by atoms with Crippen molar-refractivity contribution in [3.05, 3.63) is 17.8 Å². The molecule has 0 spiro atoms. The summed E-state index contributed by atoms with van der Waals surface area (Å²) in [5, 5.41) is 2.92. The molecule has 1 aliphatic carbocycles. The van der Waals surface area contributed by atoms with Gasteiger partial charge in [0, 0.05) is 45.6 Å². The molecule has 3 heterocycles. The first-order chi connectivity index (χ1) is 12.7. The van der Waals surface area contributed by atoms with Crippen molar-refractivity contribution in [3.63, 3.8) is 0 Å². The van der Waals surface area contributed by atoms with Crippen molar-refractivity contribution < 1.29 is 18.7 Å². The summed E-state index contributed by atoms with van der Waals surface area (Å²) in [5.74, 6) is 1.13. The number of aromatic nitrogens is 1. The van der Waals surface area contributed by atoms with E-state index in [2.05, 4.69) is 15.2 Å². The number of rotatable bonds is 7. The largest absolute Gasteiger partial charge is 0.448 e. The molecule has 0 bridgehead atoms. The van der Waals surface area contributed by atoms with Crippen molar-refractivity contribution in [2.75, 3.05) is 45.9 Å². The lowest BCUT2D eigenvalue weighted by Gasteiger charge is -2.28. The molecule has 1 aromatic heterocycles.